The van der Waals surface area contributed by atoms with Gasteiger partial charge < -0.3 is 11.1 Å². The molecule has 3 N–H and O–H groups in total. The van der Waals surface area contributed by atoms with Crippen LogP contribution in [0.15, 0.2) is 24.3 Å². The van der Waals surface area contributed by atoms with Gasteiger partial charge in [-0.1, -0.05) is 26.0 Å². The predicted octanol–water partition coefficient (Wildman–Crippen LogP) is 2.23. The van der Waals surface area contributed by atoms with Crippen molar-refractivity contribution >= 4 is 5.91 Å². The van der Waals surface area contributed by atoms with Crippen LogP contribution < -0.4 is 11.1 Å². The highest BCUT2D eigenvalue weighted by Gasteiger charge is 2.22. The topological polar surface area (TPSA) is 55.1 Å². The van der Waals surface area contributed by atoms with Gasteiger partial charge in [-0.25, -0.2) is 4.39 Å². The third kappa shape index (κ3) is 3.81. The number of carbonyl (C=O) groups excluding carboxylic acids is 1. The first-order chi connectivity index (χ1) is 8.45. The highest BCUT2D eigenvalue weighted by atomic mass is 19.1. The van der Waals surface area contributed by atoms with Crippen molar-refractivity contribution in [1.29, 1.82) is 0 Å². The fourth-order valence-electron chi connectivity index (χ4n) is 1.84. The summed E-state index contributed by atoms with van der Waals surface area (Å²) in [5.41, 5.74) is 6.48. The van der Waals surface area contributed by atoms with E-state index in [1.165, 1.54) is 12.1 Å². The summed E-state index contributed by atoms with van der Waals surface area (Å²) in [5.74, 6) is -0.313. The Balaban J connectivity index is 2.66. The Morgan fingerprint density at radius 1 is 1.28 bits per heavy atom. The van der Waals surface area contributed by atoms with Crippen LogP contribution in [-0.2, 0) is 4.79 Å². The van der Waals surface area contributed by atoms with Gasteiger partial charge in [0.15, 0.2) is 0 Å². The second-order valence-corrected chi connectivity index (χ2v) is 4.87. The fourth-order valence-corrected chi connectivity index (χ4v) is 1.84. The van der Waals surface area contributed by atoms with Crippen molar-refractivity contribution in [3.8, 4) is 0 Å². The third-order valence-electron chi connectivity index (χ3n) is 3.12. The molecule has 1 aromatic rings. The lowest BCUT2D eigenvalue weighted by molar-refractivity contribution is -0.126. The zero-order chi connectivity index (χ0) is 13.7. The van der Waals surface area contributed by atoms with Crippen molar-refractivity contribution in [3.63, 3.8) is 0 Å². The van der Waals surface area contributed by atoms with Crippen molar-refractivity contribution in [3.05, 3.63) is 35.6 Å². The molecule has 0 saturated heterocycles. The summed E-state index contributed by atoms with van der Waals surface area (Å²) < 4.78 is 12.8. The van der Waals surface area contributed by atoms with Gasteiger partial charge in [0.2, 0.25) is 5.91 Å². The van der Waals surface area contributed by atoms with Crippen LogP contribution in [0.25, 0.3) is 0 Å². The molecular formula is C14H21FN2O. The highest BCUT2D eigenvalue weighted by Crippen LogP contribution is 2.15. The Bertz CT molecular complexity index is 389. The lowest BCUT2D eigenvalue weighted by Crippen LogP contribution is -2.39. The van der Waals surface area contributed by atoms with Crippen LogP contribution in [0.2, 0.25) is 0 Å². The normalized spacial score (nSPS) is 14.3. The lowest BCUT2D eigenvalue weighted by atomic mass is 9.94. The van der Waals surface area contributed by atoms with Crippen molar-refractivity contribution in [2.24, 2.45) is 17.6 Å². The van der Waals surface area contributed by atoms with Crippen LogP contribution in [0.4, 0.5) is 4.39 Å². The summed E-state index contributed by atoms with van der Waals surface area (Å²) in [4.78, 5) is 12.0. The Morgan fingerprint density at radius 2 is 1.83 bits per heavy atom. The number of hydrogen-bond acceptors (Lipinski definition) is 2. The van der Waals surface area contributed by atoms with E-state index in [4.69, 9.17) is 5.73 Å². The first-order valence-electron chi connectivity index (χ1n) is 6.21. The molecule has 0 heterocycles. The van der Waals surface area contributed by atoms with E-state index >= 15 is 0 Å². The Labute approximate surface area is 108 Å². The smallest absolute Gasteiger partial charge is 0.225 e. The first-order valence-corrected chi connectivity index (χ1v) is 6.21. The third-order valence-corrected chi connectivity index (χ3v) is 3.12. The highest BCUT2D eigenvalue weighted by molar-refractivity contribution is 5.79. The molecule has 0 spiro atoms. The molecule has 0 aliphatic heterocycles. The number of benzene rings is 1. The summed E-state index contributed by atoms with van der Waals surface area (Å²) >= 11 is 0. The molecule has 3 nitrogen and oxygen atoms in total. The van der Waals surface area contributed by atoms with Gasteiger partial charge in [0.25, 0.3) is 0 Å². The molecule has 1 unspecified atom stereocenters. The maximum absolute atomic E-state index is 12.8. The van der Waals surface area contributed by atoms with Gasteiger partial charge in [-0.05, 0) is 30.5 Å². The van der Waals surface area contributed by atoms with E-state index in [1.54, 1.807) is 12.1 Å². The molecule has 0 aliphatic carbocycles. The van der Waals surface area contributed by atoms with Gasteiger partial charge in [-0.3, -0.25) is 4.79 Å². The van der Waals surface area contributed by atoms with Crippen molar-refractivity contribution < 1.29 is 9.18 Å². The summed E-state index contributed by atoms with van der Waals surface area (Å²) in [6.07, 6.45) is 0. The number of carbonyl (C=O) groups is 1. The fraction of sp³-hybridized carbons (Fsp3) is 0.500. The van der Waals surface area contributed by atoms with Crippen molar-refractivity contribution in [2.45, 2.75) is 26.8 Å². The molecule has 1 aromatic carbocycles. The van der Waals surface area contributed by atoms with Crippen LogP contribution in [0, 0.1) is 17.7 Å². The van der Waals surface area contributed by atoms with Gasteiger partial charge in [0.1, 0.15) is 5.82 Å². The van der Waals surface area contributed by atoms with Gasteiger partial charge in [0, 0.05) is 6.54 Å². The Kier molecular flexibility index (Phi) is 5.28. The first kappa shape index (κ1) is 14.6. The van der Waals surface area contributed by atoms with E-state index in [0.29, 0.717) is 6.54 Å². The molecular weight excluding hydrogens is 231 g/mol. The monoisotopic (exact) mass is 252 g/mol. The number of halogens is 1. The van der Waals surface area contributed by atoms with E-state index in [0.717, 1.165) is 5.56 Å². The molecule has 100 valence electrons. The largest absolute Gasteiger partial charge is 0.349 e. The molecule has 0 aromatic heterocycles. The Hall–Kier alpha value is -1.42. The summed E-state index contributed by atoms with van der Waals surface area (Å²) in [6.45, 7) is 6.15. The average molecular weight is 252 g/mol. The maximum Gasteiger partial charge on any atom is 0.225 e. The number of amides is 1. The molecule has 0 radical (unpaired) electrons. The van der Waals surface area contributed by atoms with Gasteiger partial charge in [-0.2, -0.15) is 0 Å². The van der Waals surface area contributed by atoms with Gasteiger partial charge in [-0.15, -0.1) is 0 Å². The van der Waals surface area contributed by atoms with Crippen molar-refractivity contribution in [2.75, 3.05) is 6.54 Å². The number of nitrogens with one attached hydrogen (secondary N) is 1. The summed E-state index contributed by atoms with van der Waals surface area (Å²) in [7, 11) is 0. The average Bonchev–Trinajstić information content (AvgIpc) is 2.29. The minimum atomic E-state index is -0.278. The molecule has 0 fully saturated rings. The van der Waals surface area contributed by atoms with E-state index in [1.807, 2.05) is 20.8 Å². The molecule has 2 atom stereocenters. The summed E-state index contributed by atoms with van der Waals surface area (Å²) in [5, 5.41) is 2.91. The molecule has 1 rings (SSSR count). The molecule has 0 bridgehead atoms. The van der Waals surface area contributed by atoms with Crippen LogP contribution in [0.3, 0.4) is 0 Å². The van der Waals surface area contributed by atoms with Crippen LogP contribution >= 0.6 is 0 Å². The summed E-state index contributed by atoms with van der Waals surface area (Å²) in [6, 6.07) is 5.98. The van der Waals surface area contributed by atoms with E-state index in [-0.39, 0.29) is 29.6 Å². The molecule has 18 heavy (non-hydrogen) atoms. The standard InChI is InChI=1S/C14H21FN2O/c1-9(2)13(8-16)14(18)17-10(3)11-4-6-12(15)7-5-11/h4-7,9-10,13H,8,16H2,1-3H3,(H,17,18)/t10-,13?/m0/s1. The van der Waals surface area contributed by atoms with Crippen LogP contribution in [-0.4, -0.2) is 12.5 Å². The lowest BCUT2D eigenvalue weighted by Gasteiger charge is -2.21. The molecule has 1 amide bonds. The minimum Gasteiger partial charge on any atom is -0.349 e. The number of nitrogens with two attached hydrogens (primary N) is 1. The number of hydrogen-bond donors (Lipinski definition) is 2. The quantitative estimate of drug-likeness (QED) is 0.844. The number of rotatable bonds is 5. The maximum atomic E-state index is 12.8. The second kappa shape index (κ2) is 6.50. The second-order valence-electron chi connectivity index (χ2n) is 4.87. The van der Waals surface area contributed by atoms with Crippen LogP contribution in [0.5, 0.6) is 0 Å². The predicted molar refractivity (Wildman–Crippen MR) is 70.3 cm³/mol. The van der Waals surface area contributed by atoms with E-state index in [9.17, 15) is 9.18 Å². The minimum absolute atomic E-state index is 0.0516. The van der Waals surface area contributed by atoms with E-state index in [2.05, 4.69) is 5.32 Å². The van der Waals surface area contributed by atoms with Gasteiger partial charge >= 0.3 is 0 Å². The zero-order valence-electron chi connectivity index (χ0n) is 11.1. The van der Waals surface area contributed by atoms with Crippen molar-refractivity contribution in [1.82, 2.24) is 5.32 Å². The van der Waals surface area contributed by atoms with Crippen LogP contribution in [0.1, 0.15) is 32.4 Å². The molecule has 4 heteroatoms. The molecule has 0 aliphatic rings. The molecule has 0 saturated carbocycles. The van der Waals surface area contributed by atoms with Gasteiger partial charge in [0.05, 0.1) is 12.0 Å². The zero-order valence-corrected chi connectivity index (χ0v) is 11.1. The SMILES string of the molecule is CC(C)C(CN)C(=O)N[C@@H](C)c1ccc(F)cc1. The Morgan fingerprint density at radius 3 is 2.28 bits per heavy atom. The van der Waals surface area contributed by atoms with E-state index < -0.39 is 0 Å².